The lowest BCUT2D eigenvalue weighted by molar-refractivity contribution is 0.0260. The van der Waals surface area contributed by atoms with E-state index in [-0.39, 0.29) is 12.5 Å². The number of hydrogen-bond donors (Lipinski definition) is 1. The first-order valence-electron chi connectivity index (χ1n) is 8.01. The first-order chi connectivity index (χ1) is 11.4. The van der Waals surface area contributed by atoms with Crippen molar-refractivity contribution in [3.63, 3.8) is 0 Å². The van der Waals surface area contributed by atoms with Gasteiger partial charge >= 0.3 is 0 Å². The minimum Gasteiger partial charge on any atom is -0.386 e. The third-order valence-corrected chi connectivity index (χ3v) is 4.49. The third-order valence-electron chi connectivity index (χ3n) is 4.49. The largest absolute Gasteiger partial charge is 0.386 e. The van der Waals surface area contributed by atoms with Crippen molar-refractivity contribution >= 4 is 11.7 Å². The summed E-state index contributed by atoms with van der Waals surface area (Å²) >= 11 is 0. The van der Waals surface area contributed by atoms with Crippen LogP contribution in [-0.2, 0) is 7.05 Å². The van der Waals surface area contributed by atoms with Crippen LogP contribution in [0.5, 0.6) is 0 Å². The standard InChI is InChI=1S/C17H23N5O2/c1-13-9-15(19-12-18-13)22-8-6-17(24,11-22)10-21(3)16(23)14-5-4-7-20(14)2/h4-5,7,9,12,24H,6,8,10-11H2,1-3H3. The summed E-state index contributed by atoms with van der Waals surface area (Å²) in [6.45, 7) is 3.37. The van der Waals surface area contributed by atoms with Gasteiger partial charge in [0.2, 0.25) is 0 Å². The van der Waals surface area contributed by atoms with E-state index in [1.54, 1.807) is 22.6 Å². The number of aromatic nitrogens is 3. The van der Waals surface area contributed by atoms with Crippen molar-refractivity contribution in [2.24, 2.45) is 7.05 Å². The maximum Gasteiger partial charge on any atom is 0.270 e. The molecule has 3 rings (SSSR count). The summed E-state index contributed by atoms with van der Waals surface area (Å²) in [5, 5.41) is 10.9. The Bertz CT molecular complexity index is 744. The van der Waals surface area contributed by atoms with Gasteiger partial charge in [0.05, 0.1) is 6.54 Å². The molecule has 0 saturated carbocycles. The minimum atomic E-state index is -0.936. The molecule has 24 heavy (non-hydrogen) atoms. The molecule has 0 aromatic carbocycles. The zero-order valence-corrected chi connectivity index (χ0v) is 14.3. The number of carbonyl (C=O) groups excluding carboxylic acids is 1. The van der Waals surface area contributed by atoms with Gasteiger partial charge in [0.25, 0.3) is 5.91 Å². The highest BCUT2D eigenvalue weighted by Crippen LogP contribution is 2.26. The summed E-state index contributed by atoms with van der Waals surface area (Å²) in [4.78, 5) is 24.5. The maximum atomic E-state index is 12.5. The van der Waals surface area contributed by atoms with E-state index in [1.807, 2.05) is 37.2 Å². The van der Waals surface area contributed by atoms with Crippen LogP contribution < -0.4 is 4.90 Å². The van der Waals surface area contributed by atoms with Gasteiger partial charge < -0.3 is 19.5 Å². The van der Waals surface area contributed by atoms with Gasteiger partial charge in [0, 0.05) is 45.1 Å². The number of nitrogens with zero attached hydrogens (tertiary/aromatic N) is 5. The van der Waals surface area contributed by atoms with Gasteiger partial charge in [0.1, 0.15) is 23.4 Å². The fourth-order valence-electron chi connectivity index (χ4n) is 3.19. The number of hydrogen-bond acceptors (Lipinski definition) is 5. The molecule has 1 N–H and O–H groups in total. The van der Waals surface area contributed by atoms with Crippen LogP contribution in [0, 0.1) is 6.92 Å². The highest BCUT2D eigenvalue weighted by molar-refractivity contribution is 5.92. The number of aliphatic hydroxyl groups is 1. The monoisotopic (exact) mass is 329 g/mol. The summed E-state index contributed by atoms with van der Waals surface area (Å²) < 4.78 is 1.79. The van der Waals surface area contributed by atoms with Gasteiger partial charge in [-0.3, -0.25) is 4.79 Å². The molecule has 1 saturated heterocycles. The Kier molecular flexibility index (Phi) is 4.28. The van der Waals surface area contributed by atoms with E-state index in [0.29, 0.717) is 25.2 Å². The van der Waals surface area contributed by atoms with E-state index in [4.69, 9.17) is 0 Å². The lowest BCUT2D eigenvalue weighted by Gasteiger charge is -2.29. The summed E-state index contributed by atoms with van der Waals surface area (Å²) in [6.07, 6.45) is 3.97. The van der Waals surface area contributed by atoms with E-state index in [9.17, 15) is 9.90 Å². The molecule has 7 heteroatoms. The van der Waals surface area contributed by atoms with E-state index in [0.717, 1.165) is 11.5 Å². The third kappa shape index (κ3) is 3.26. The number of carbonyl (C=O) groups is 1. The molecule has 1 fully saturated rings. The van der Waals surface area contributed by atoms with Gasteiger partial charge in [-0.15, -0.1) is 0 Å². The van der Waals surface area contributed by atoms with Crippen molar-refractivity contribution in [2.45, 2.75) is 18.9 Å². The number of β-amino-alcohol motifs (C(OH)–C–C–N with tert-alkyl or cyclic N) is 1. The second kappa shape index (κ2) is 6.24. The Morgan fingerprint density at radius 2 is 2.25 bits per heavy atom. The van der Waals surface area contributed by atoms with E-state index in [2.05, 4.69) is 9.97 Å². The van der Waals surface area contributed by atoms with Crippen LogP contribution in [0.3, 0.4) is 0 Å². The van der Waals surface area contributed by atoms with Crippen molar-refractivity contribution in [1.29, 1.82) is 0 Å². The second-order valence-electron chi connectivity index (χ2n) is 6.58. The number of anilines is 1. The van der Waals surface area contributed by atoms with Gasteiger partial charge in [-0.1, -0.05) is 0 Å². The average molecular weight is 329 g/mol. The van der Waals surface area contributed by atoms with Gasteiger partial charge in [-0.25, -0.2) is 9.97 Å². The van der Waals surface area contributed by atoms with Crippen molar-refractivity contribution in [3.8, 4) is 0 Å². The van der Waals surface area contributed by atoms with Crippen molar-refractivity contribution in [2.75, 3.05) is 31.6 Å². The Hall–Kier alpha value is -2.41. The molecule has 1 amide bonds. The topological polar surface area (TPSA) is 74.5 Å². The molecule has 0 aliphatic carbocycles. The van der Waals surface area contributed by atoms with Crippen LogP contribution in [0.2, 0.25) is 0 Å². The molecule has 0 spiro atoms. The lowest BCUT2D eigenvalue weighted by Crippen LogP contribution is -2.46. The van der Waals surface area contributed by atoms with Crippen LogP contribution in [0.1, 0.15) is 22.6 Å². The molecule has 1 unspecified atom stereocenters. The molecule has 0 bridgehead atoms. The first kappa shape index (κ1) is 16.4. The zero-order chi connectivity index (χ0) is 17.3. The predicted octanol–water partition coefficient (Wildman–Crippen LogP) is 0.837. The maximum absolute atomic E-state index is 12.5. The summed E-state index contributed by atoms with van der Waals surface area (Å²) in [6, 6.07) is 5.53. The molecule has 1 atom stereocenters. The van der Waals surface area contributed by atoms with Gasteiger partial charge in [-0.2, -0.15) is 0 Å². The molecule has 7 nitrogen and oxygen atoms in total. The average Bonchev–Trinajstić information content (AvgIpc) is 3.13. The fourth-order valence-corrected chi connectivity index (χ4v) is 3.19. The Morgan fingerprint density at radius 3 is 2.92 bits per heavy atom. The fraction of sp³-hybridized carbons (Fsp3) is 0.471. The first-order valence-corrected chi connectivity index (χ1v) is 8.01. The Balaban J connectivity index is 1.67. The van der Waals surface area contributed by atoms with Crippen LogP contribution in [0.4, 0.5) is 5.82 Å². The molecule has 128 valence electrons. The Morgan fingerprint density at radius 1 is 1.46 bits per heavy atom. The molecule has 2 aromatic heterocycles. The van der Waals surface area contributed by atoms with E-state index >= 15 is 0 Å². The van der Waals surface area contributed by atoms with Crippen LogP contribution in [-0.4, -0.2) is 62.7 Å². The van der Waals surface area contributed by atoms with E-state index in [1.165, 1.54) is 6.33 Å². The number of aryl methyl sites for hydroxylation is 2. The lowest BCUT2D eigenvalue weighted by atomic mass is 10.0. The van der Waals surface area contributed by atoms with E-state index < -0.39 is 5.60 Å². The molecular formula is C17H23N5O2. The minimum absolute atomic E-state index is 0.0905. The van der Waals surface area contributed by atoms with Crippen molar-refractivity contribution < 1.29 is 9.90 Å². The molecule has 1 aliphatic rings. The predicted molar refractivity (Wildman–Crippen MR) is 90.9 cm³/mol. The summed E-state index contributed by atoms with van der Waals surface area (Å²) in [7, 11) is 3.56. The number of amides is 1. The zero-order valence-electron chi connectivity index (χ0n) is 14.3. The summed E-state index contributed by atoms with van der Waals surface area (Å²) in [5.74, 6) is 0.724. The van der Waals surface area contributed by atoms with Crippen LogP contribution in [0.25, 0.3) is 0 Å². The number of rotatable bonds is 4. The molecule has 0 radical (unpaired) electrons. The van der Waals surface area contributed by atoms with Crippen LogP contribution in [0.15, 0.2) is 30.7 Å². The highest BCUT2D eigenvalue weighted by Gasteiger charge is 2.38. The van der Waals surface area contributed by atoms with Crippen molar-refractivity contribution in [3.05, 3.63) is 42.1 Å². The molecule has 3 heterocycles. The Labute approximate surface area is 141 Å². The van der Waals surface area contributed by atoms with Crippen LogP contribution >= 0.6 is 0 Å². The highest BCUT2D eigenvalue weighted by atomic mass is 16.3. The quantitative estimate of drug-likeness (QED) is 0.900. The smallest absolute Gasteiger partial charge is 0.270 e. The summed E-state index contributed by atoms with van der Waals surface area (Å²) in [5.41, 5.74) is 0.572. The molecule has 1 aliphatic heterocycles. The van der Waals surface area contributed by atoms with Gasteiger partial charge in [0.15, 0.2) is 0 Å². The normalized spacial score (nSPS) is 20.4. The molecular weight excluding hydrogens is 306 g/mol. The SMILES string of the molecule is Cc1cc(N2CCC(O)(CN(C)C(=O)c3cccn3C)C2)ncn1. The molecule has 2 aromatic rings. The second-order valence-corrected chi connectivity index (χ2v) is 6.58. The number of likely N-dealkylation sites (N-methyl/N-ethyl adjacent to an activating group) is 1. The van der Waals surface area contributed by atoms with Crippen molar-refractivity contribution in [1.82, 2.24) is 19.4 Å². The van der Waals surface area contributed by atoms with Gasteiger partial charge in [-0.05, 0) is 25.5 Å².